The molecule has 0 radical (unpaired) electrons. The van der Waals surface area contributed by atoms with Crippen molar-refractivity contribution >= 4 is 34.5 Å². The fraction of sp³-hybridized carbons (Fsp3) is 0.350. The smallest absolute Gasteiger partial charge is 0.328 e. The number of fused-ring (bicyclic) bond motifs is 1. The van der Waals surface area contributed by atoms with Crippen LogP contribution in [0.5, 0.6) is 0 Å². The summed E-state index contributed by atoms with van der Waals surface area (Å²) in [5.41, 5.74) is 1.05. The number of halogens is 1. The number of aromatic nitrogens is 7. The zero-order valence-electron chi connectivity index (χ0n) is 17.4. The van der Waals surface area contributed by atoms with Crippen LogP contribution < -0.4 is 11.2 Å². The van der Waals surface area contributed by atoms with Crippen molar-refractivity contribution < 1.29 is 0 Å². The minimum Gasteiger partial charge on any atom is -0.328 e. The highest BCUT2D eigenvalue weighted by atomic mass is 35.5. The molecule has 0 aliphatic carbocycles. The number of thioether (sulfide) groups is 1. The third-order valence-corrected chi connectivity index (χ3v) is 6.36. The molecule has 3 aromatic heterocycles. The summed E-state index contributed by atoms with van der Waals surface area (Å²) in [5, 5.41) is 10.1. The van der Waals surface area contributed by atoms with E-state index in [9.17, 15) is 9.59 Å². The van der Waals surface area contributed by atoms with Crippen LogP contribution in [0.25, 0.3) is 22.6 Å². The summed E-state index contributed by atoms with van der Waals surface area (Å²) in [5.74, 6) is 1.45. The van der Waals surface area contributed by atoms with E-state index in [4.69, 9.17) is 11.6 Å². The van der Waals surface area contributed by atoms with Gasteiger partial charge in [0.05, 0.1) is 6.33 Å². The number of rotatable bonds is 7. The Kier molecular flexibility index (Phi) is 6.01. The van der Waals surface area contributed by atoms with E-state index in [2.05, 4.69) is 15.2 Å². The van der Waals surface area contributed by atoms with E-state index in [1.165, 1.54) is 9.13 Å². The average molecular weight is 460 g/mol. The van der Waals surface area contributed by atoms with E-state index in [0.717, 1.165) is 16.5 Å². The molecule has 0 amide bonds. The molecule has 4 rings (SSSR count). The van der Waals surface area contributed by atoms with E-state index in [0.29, 0.717) is 41.4 Å². The van der Waals surface area contributed by atoms with Crippen molar-refractivity contribution in [3.8, 4) is 11.4 Å². The van der Waals surface area contributed by atoms with Gasteiger partial charge in [0.25, 0.3) is 5.56 Å². The second-order valence-corrected chi connectivity index (χ2v) is 8.59. The molecule has 0 aliphatic heterocycles. The van der Waals surface area contributed by atoms with Crippen molar-refractivity contribution in [3.63, 3.8) is 0 Å². The Morgan fingerprint density at radius 3 is 2.68 bits per heavy atom. The summed E-state index contributed by atoms with van der Waals surface area (Å²) >= 11 is 7.66. The van der Waals surface area contributed by atoms with Gasteiger partial charge in [-0.15, -0.1) is 10.2 Å². The monoisotopic (exact) mass is 459 g/mol. The fourth-order valence-electron chi connectivity index (χ4n) is 3.50. The largest absolute Gasteiger partial charge is 0.332 e. The van der Waals surface area contributed by atoms with Crippen molar-refractivity contribution in [2.24, 2.45) is 14.1 Å². The van der Waals surface area contributed by atoms with Crippen LogP contribution in [0.15, 0.2) is 45.3 Å². The van der Waals surface area contributed by atoms with Crippen molar-refractivity contribution in [2.75, 3.05) is 5.75 Å². The van der Waals surface area contributed by atoms with E-state index in [1.807, 2.05) is 35.8 Å². The second-order valence-electron chi connectivity index (χ2n) is 7.09. The van der Waals surface area contributed by atoms with Crippen LogP contribution in [0, 0.1) is 0 Å². The molecule has 1 aromatic carbocycles. The van der Waals surface area contributed by atoms with Crippen LogP contribution in [0.3, 0.4) is 0 Å². The zero-order valence-corrected chi connectivity index (χ0v) is 19.0. The molecule has 0 unspecified atom stereocenters. The van der Waals surface area contributed by atoms with Gasteiger partial charge in [-0.1, -0.05) is 35.5 Å². The Morgan fingerprint density at radius 2 is 1.94 bits per heavy atom. The number of imidazole rings is 1. The Morgan fingerprint density at radius 1 is 1.13 bits per heavy atom. The molecular formula is C20H22ClN7O2S. The quantitative estimate of drug-likeness (QED) is 0.311. The van der Waals surface area contributed by atoms with Gasteiger partial charge in [-0.2, -0.15) is 0 Å². The van der Waals surface area contributed by atoms with Gasteiger partial charge in [-0.3, -0.25) is 13.9 Å². The zero-order chi connectivity index (χ0) is 22.1. The lowest BCUT2D eigenvalue weighted by Crippen LogP contribution is -2.39. The molecule has 0 fully saturated rings. The minimum absolute atomic E-state index is 0.317. The Labute approximate surface area is 187 Å². The molecule has 0 spiro atoms. The number of hydrogen-bond donors (Lipinski definition) is 0. The third-order valence-electron chi connectivity index (χ3n) is 5.07. The van der Waals surface area contributed by atoms with Crippen molar-refractivity contribution in [3.05, 3.63) is 56.5 Å². The van der Waals surface area contributed by atoms with Crippen molar-refractivity contribution in [1.29, 1.82) is 0 Å². The molecular weight excluding hydrogens is 438 g/mol. The van der Waals surface area contributed by atoms with Crippen LogP contribution in [0.1, 0.15) is 13.3 Å². The molecule has 0 saturated heterocycles. The molecule has 162 valence electrons. The number of aryl methyl sites for hydroxylation is 2. The Balaban J connectivity index is 1.50. The van der Waals surface area contributed by atoms with E-state index in [-0.39, 0.29) is 11.2 Å². The highest BCUT2D eigenvalue weighted by Crippen LogP contribution is 2.26. The molecule has 0 aliphatic rings. The summed E-state index contributed by atoms with van der Waals surface area (Å²) < 4.78 is 6.36. The molecule has 9 nitrogen and oxygen atoms in total. The van der Waals surface area contributed by atoms with E-state index in [1.54, 1.807) is 36.8 Å². The van der Waals surface area contributed by atoms with Gasteiger partial charge in [-0.25, -0.2) is 9.78 Å². The van der Waals surface area contributed by atoms with Crippen LogP contribution in [0.2, 0.25) is 5.02 Å². The lowest BCUT2D eigenvalue weighted by atomic mass is 10.2. The first-order chi connectivity index (χ1) is 14.9. The summed E-state index contributed by atoms with van der Waals surface area (Å²) in [6.45, 7) is 3.07. The lowest BCUT2D eigenvalue weighted by Gasteiger charge is -2.09. The SMILES string of the molecule is CCn1c(SCCCn2c(=O)c3c(ncn3C)n(C)c2=O)nnc1-c1cccc(Cl)c1. The van der Waals surface area contributed by atoms with Gasteiger partial charge in [0.15, 0.2) is 22.1 Å². The average Bonchev–Trinajstić information content (AvgIpc) is 3.35. The summed E-state index contributed by atoms with van der Waals surface area (Å²) in [4.78, 5) is 29.5. The third kappa shape index (κ3) is 3.92. The maximum Gasteiger partial charge on any atom is 0.332 e. The second kappa shape index (κ2) is 8.72. The van der Waals surface area contributed by atoms with Crippen molar-refractivity contribution in [2.45, 2.75) is 31.6 Å². The predicted molar refractivity (Wildman–Crippen MR) is 122 cm³/mol. The Hall–Kier alpha value is -2.85. The van der Waals surface area contributed by atoms with Gasteiger partial charge in [-0.05, 0) is 25.5 Å². The fourth-order valence-corrected chi connectivity index (χ4v) is 4.62. The lowest BCUT2D eigenvalue weighted by molar-refractivity contribution is 0.593. The molecule has 0 saturated carbocycles. The minimum atomic E-state index is -0.360. The van der Waals surface area contributed by atoms with Gasteiger partial charge < -0.3 is 9.13 Å². The van der Waals surface area contributed by atoms with Gasteiger partial charge >= 0.3 is 5.69 Å². The molecule has 4 aromatic rings. The maximum atomic E-state index is 12.8. The first kappa shape index (κ1) is 21.4. The molecule has 0 bridgehead atoms. The summed E-state index contributed by atoms with van der Waals surface area (Å²) in [7, 11) is 3.37. The standard InChI is InChI=1S/C20H22ClN7O2S/c1-4-27-16(13-7-5-8-14(21)11-13)23-24-19(27)31-10-6-9-28-18(29)15-17(22-12-25(15)2)26(3)20(28)30/h5,7-8,11-12H,4,6,9-10H2,1-3H3. The van der Waals surface area contributed by atoms with E-state index >= 15 is 0 Å². The van der Waals surface area contributed by atoms with Crippen LogP contribution in [0.4, 0.5) is 0 Å². The highest BCUT2D eigenvalue weighted by Gasteiger charge is 2.16. The first-order valence-electron chi connectivity index (χ1n) is 9.85. The number of hydrogen-bond acceptors (Lipinski definition) is 6. The molecule has 3 heterocycles. The number of benzene rings is 1. The van der Waals surface area contributed by atoms with Crippen LogP contribution >= 0.6 is 23.4 Å². The summed E-state index contributed by atoms with van der Waals surface area (Å²) in [6.07, 6.45) is 2.17. The molecule has 31 heavy (non-hydrogen) atoms. The topological polar surface area (TPSA) is 92.5 Å². The maximum absolute atomic E-state index is 12.8. The molecule has 11 heteroatoms. The van der Waals surface area contributed by atoms with Crippen LogP contribution in [-0.4, -0.2) is 39.2 Å². The van der Waals surface area contributed by atoms with Crippen molar-refractivity contribution in [1.82, 2.24) is 33.4 Å². The first-order valence-corrected chi connectivity index (χ1v) is 11.2. The predicted octanol–water partition coefficient (Wildman–Crippen LogP) is 2.55. The van der Waals surface area contributed by atoms with Gasteiger partial charge in [0, 0.05) is 43.5 Å². The molecule has 0 atom stereocenters. The van der Waals surface area contributed by atoms with Gasteiger partial charge in [0.1, 0.15) is 0 Å². The molecule has 0 N–H and O–H groups in total. The van der Waals surface area contributed by atoms with Crippen LogP contribution in [-0.2, 0) is 27.2 Å². The van der Waals surface area contributed by atoms with E-state index < -0.39 is 0 Å². The van der Waals surface area contributed by atoms with Gasteiger partial charge in [0.2, 0.25) is 0 Å². The summed E-state index contributed by atoms with van der Waals surface area (Å²) in [6, 6.07) is 7.52. The normalized spacial score (nSPS) is 11.5. The Bertz CT molecular complexity index is 1370. The highest BCUT2D eigenvalue weighted by molar-refractivity contribution is 7.99. The number of nitrogens with zero attached hydrogens (tertiary/aromatic N) is 7.